The molecule has 2 saturated heterocycles. The minimum atomic E-state index is -3.59. The van der Waals surface area contributed by atoms with Crippen LogP contribution < -0.4 is 5.32 Å². The van der Waals surface area contributed by atoms with Crippen molar-refractivity contribution in [3.05, 3.63) is 53.5 Å². The molecule has 0 bridgehead atoms. The second-order valence-electron chi connectivity index (χ2n) is 9.16. The Morgan fingerprint density at radius 2 is 1.74 bits per heavy atom. The van der Waals surface area contributed by atoms with Gasteiger partial charge in [0, 0.05) is 30.9 Å². The summed E-state index contributed by atoms with van der Waals surface area (Å²) in [6.45, 7) is 3.73. The molecule has 2 fully saturated rings. The van der Waals surface area contributed by atoms with E-state index in [0.717, 1.165) is 36.1 Å². The van der Waals surface area contributed by atoms with Crippen molar-refractivity contribution in [3.63, 3.8) is 0 Å². The Morgan fingerprint density at radius 3 is 2.50 bits per heavy atom. The number of piperidine rings is 2. The molecule has 2 aromatic carbocycles. The molecule has 0 radical (unpaired) electrons. The zero-order chi connectivity index (χ0) is 23.5. The van der Waals surface area contributed by atoms with E-state index in [2.05, 4.69) is 15.2 Å². The molecule has 0 aliphatic carbocycles. The van der Waals surface area contributed by atoms with Gasteiger partial charge in [-0.1, -0.05) is 36.8 Å². The molecule has 3 aromatic rings. The lowest BCUT2D eigenvalue weighted by Crippen LogP contribution is -2.41. The number of anilines is 1. The summed E-state index contributed by atoms with van der Waals surface area (Å²) in [7, 11) is -3.59. The maximum atomic E-state index is 13.2. The van der Waals surface area contributed by atoms with Crippen molar-refractivity contribution in [1.82, 2.24) is 14.2 Å². The smallest absolute Gasteiger partial charge is 0.243 e. The van der Waals surface area contributed by atoms with E-state index in [-0.39, 0.29) is 11.8 Å². The van der Waals surface area contributed by atoms with Crippen LogP contribution in [0.4, 0.5) is 5.13 Å². The second kappa shape index (κ2) is 10.1. The van der Waals surface area contributed by atoms with Crippen molar-refractivity contribution in [2.24, 2.45) is 5.92 Å². The standard InChI is InChI=1S/C25H30N4O3S2/c30-24(27-25-26-22(18-33-25)17-28-12-4-1-5-13-28)20-10-14-29(15-11-20)34(31,32)23-9-8-19-6-2-3-7-21(19)16-23/h2-3,6-9,16,18,20H,1,4-5,10-15,17H2,(H,26,27,30). The highest BCUT2D eigenvalue weighted by molar-refractivity contribution is 7.89. The Labute approximate surface area is 204 Å². The zero-order valence-corrected chi connectivity index (χ0v) is 20.8. The molecule has 3 heterocycles. The lowest BCUT2D eigenvalue weighted by Gasteiger charge is -2.30. The molecule has 5 rings (SSSR count). The van der Waals surface area contributed by atoms with Crippen molar-refractivity contribution in [2.75, 3.05) is 31.5 Å². The van der Waals surface area contributed by atoms with E-state index in [4.69, 9.17) is 0 Å². The van der Waals surface area contributed by atoms with E-state index in [1.54, 1.807) is 12.1 Å². The fraction of sp³-hybridized carbons (Fsp3) is 0.440. The van der Waals surface area contributed by atoms with Gasteiger partial charge in [-0.2, -0.15) is 4.31 Å². The highest BCUT2D eigenvalue weighted by Crippen LogP contribution is 2.27. The SMILES string of the molecule is O=C(Nc1nc(CN2CCCCC2)cs1)C1CCN(S(=O)(=O)c2ccc3ccccc3c2)CC1. The van der Waals surface area contributed by atoms with Gasteiger partial charge in [-0.25, -0.2) is 13.4 Å². The first-order valence-corrected chi connectivity index (χ1v) is 14.3. The van der Waals surface area contributed by atoms with Crippen molar-refractivity contribution in [2.45, 2.75) is 43.5 Å². The molecule has 2 aliphatic heterocycles. The van der Waals surface area contributed by atoms with Gasteiger partial charge >= 0.3 is 0 Å². The number of rotatable bonds is 6. The van der Waals surface area contributed by atoms with Crippen molar-refractivity contribution in [3.8, 4) is 0 Å². The maximum Gasteiger partial charge on any atom is 0.243 e. The number of nitrogens with one attached hydrogen (secondary N) is 1. The Morgan fingerprint density at radius 1 is 1.00 bits per heavy atom. The van der Waals surface area contributed by atoms with E-state index >= 15 is 0 Å². The van der Waals surface area contributed by atoms with E-state index < -0.39 is 10.0 Å². The average molecular weight is 499 g/mol. The van der Waals surface area contributed by atoms with Crippen molar-refractivity contribution < 1.29 is 13.2 Å². The highest BCUT2D eigenvalue weighted by atomic mass is 32.2. The highest BCUT2D eigenvalue weighted by Gasteiger charge is 2.32. The summed E-state index contributed by atoms with van der Waals surface area (Å²) in [5.41, 5.74) is 0.999. The molecule has 34 heavy (non-hydrogen) atoms. The topological polar surface area (TPSA) is 82.6 Å². The summed E-state index contributed by atoms with van der Waals surface area (Å²) in [4.78, 5) is 20.1. The van der Waals surface area contributed by atoms with Gasteiger partial charge < -0.3 is 5.32 Å². The van der Waals surface area contributed by atoms with Gasteiger partial charge in [0.25, 0.3) is 0 Å². The fourth-order valence-corrected chi connectivity index (χ4v) is 7.04. The minimum absolute atomic E-state index is 0.0679. The third-order valence-electron chi connectivity index (χ3n) is 6.80. The predicted octanol–water partition coefficient (Wildman–Crippen LogP) is 4.32. The first-order valence-electron chi connectivity index (χ1n) is 12.0. The molecule has 0 saturated carbocycles. The number of thiazole rings is 1. The van der Waals surface area contributed by atoms with Gasteiger partial charge in [0.2, 0.25) is 15.9 Å². The number of carbonyl (C=O) groups is 1. The number of amides is 1. The monoisotopic (exact) mass is 498 g/mol. The molecule has 0 spiro atoms. The third-order valence-corrected chi connectivity index (χ3v) is 9.50. The molecule has 1 aromatic heterocycles. The van der Waals surface area contributed by atoms with E-state index in [0.29, 0.717) is 36.0 Å². The Hall–Kier alpha value is -2.33. The van der Waals surface area contributed by atoms with Crippen LogP contribution in [-0.4, -0.2) is 54.7 Å². The summed E-state index contributed by atoms with van der Waals surface area (Å²) < 4.78 is 27.9. The van der Waals surface area contributed by atoms with Gasteiger partial charge in [0.1, 0.15) is 0 Å². The zero-order valence-electron chi connectivity index (χ0n) is 19.2. The molecule has 180 valence electrons. The molecule has 2 aliphatic rings. The lowest BCUT2D eigenvalue weighted by molar-refractivity contribution is -0.120. The minimum Gasteiger partial charge on any atom is -0.302 e. The number of fused-ring (bicyclic) bond motifs is 1. The van der Waals surface area contributed by atoms with Gasteiger partial charge in [0.15, 0.2) is 5.13 Å². The van der Waals surface area contributed by atoms with E-state index in [9.17, 15) is 13.2 Å². The average Bonchev–Trinajstić information content (AvgIpc) is 3.30. The van der Waals surface area contributed by atoms with Gasteiger partial charge in [-0.3, -0.25) is 9.69 Å². The Kier molecular flexibility index (Phi) is 6.96. The predicted molar refractivity (Wildman–Crippen MR) is 135 cm³/mol. The Bertz CT molecular complexity index is 1260. The Balaban J connectivity index is 1.16. The largest absolute Gasteiger partial charge is 0.302 e. The number of carbonyl (C=O) groups excluding carboxylic acids is 1. The second-order valence-corrected chi connectivity index (χ2v) is 12.0. The van der Waals surface area contributed by atoms with Crippen molar-refractivity contribution in [1.29, 1.82) is 0 Å². The number of sulfonamides is 1. The van der Waals surface area contributed by atoms with Crippen LogP contribution in [0.25, 0.3) is 10.8 Å². The molecule has 7 nitrogen and oxygen atoms in total. The molecule has 0 unspecified atom stereocenters. The third kappa shape index (κ3) is 5.17. The van der Waals surface area contributed by atoms with Gasteiger partial charge in [-0.05, 0) is 61.7 Å². The summed E-state index contributed by atoms with van der Waals surface area (Å²) >= 11 is 1.46. The first-order chi connectivity index (χ1) is 16.5. The van der Waals surface area contributed by atoms with Crippen LogP contribution in [0.2, 0.25) is 0 Å². The van der Waals surface area contributed by atoms with Crippen LogP contribution in [0.5, 0.6) is 0 Å². The summed E-state index contributed by atoms with van der Waals surface area (Å²) in [5.74, 6) is -0.279. The van der Waals surface area contributed by atoms with Crippen molar-refractivity contribution >= 4 is 43.2 Å². The molecule has 0 atom stereocenters. The van der Waals surface area contributed by atoms with Crippen LogP contribution in [0.1, 0.15) is 37.8 Å². The van der Waals surface area contributed by atoms with Crippen LogP contribution in [0.3, 0.4) is 0 Å². The summed E-state index contributed by atoms with van der Waals surface area (Å²) in [6, 6.07) is 13.0. The number of likely N-dealkylation sites (tertiary alicyclic amines) is 1. The summed E-state index contributed by atoms with van der Waals surface area (Å²) in [6.07, 6.45) is 4.79. The molecular formula is C25H30N4O3S2. The molecule has 9 heteroatoms. The normalized spacial score (nSPS) is 18.8. The number of hydrogen-bond acceptors (Lipinski definition) is 6. The van der Waals surface area contributed by atoms with Crippen LogP contribution in [0.15, 0.2) is 52.7 Å². The number of benzene rings is 2. The molecule has 1 amide bonds. The van der Waals surface area contributed by atoms with Gasteiger partial charge in [-0.15, -0.1) is 11.3 Å². The maximum absolute atomic E-state index is 13.2. The number of nitrogens with zero attached hydrogens (tertiary/aromatic N) is 3. The molecular weight excluding hydrogens is 468 g/mol. The lowest BCUT2D eigenvalue weighted by atomic mass is 9.97. The number of hydrogen-bond donors (Lipinski definition) is 1. The summed E-state index contributed by atoms with van der Waals surface area (Å²) in [5, 5.41) is 7.52. The quantitative estimate of drug-likeness (QED) is 0.547. The number of aromatic nitrogens is 1. The van der Waals surface area contributed by atoms with E-state index in [1.807, 2.05) is 35.7 Å². The van der Waals surface area contributed by atoms with Crippen LogP contribution in [-0.2, 0) is 21.4 Å². The first kappa shape index (κ1) is 23.4. The van der Waals surface area contributed by atoms with Crippen LogP contribution in [0, 0.1) is 5.92 Å². The fourth-order valence-electron chi connectivity index (χ4n) is 4.83. The van der Waals surface area contributed by atoms with Gasteiger partial charge in [0.05, 0.1) is 10.6 Å². The van der Waals surface area contributed by atoms with Crippen LogP contribution >= 0.6 is 11.3 Å². The molecule has 1 N–H and O–H groups in total. The van der Waals surface area contributed by atoms with E-state index in [1.165, 1.54) is 34.9 Å².